The predicted molar refractivity (Wildman–Crippen MR) is 504 cm³/mol. The van der Waals surface area contributed by atoms with Gasteiger partial charge in [-0.2, -0.15) is 5.26 Å². The molecule has 0 radical (unpaired) electrons. The topological polar surface area (TPSA) is 238 Å². The van der Waals surface area contributed by atoms with Crippen molar-refractivity contribution in [2.24, 2.45) is 0 Å². The van der Waals surface area contributed by atoms with Crippen LogP contribution < -0.4 is 51.1 Å². The Labute approximate surface area is 748 Å². The molecule has 0 saturated heterocycles. The van der Waals surface area contributed by atoms with E-state index in [1.165, 1.54) is 191 Å². The number of hydrogen-bond acceptors (Lipinski definition) is 16. The maximum absolute atomic E-state index is 14.1. The van der Waals surface area contributed by atoms with Crippen molar-refractivity contribution in [1.29, 1.82) is 5.26 Å². The van der Waals surface area contributed by atoms with Crippen molar-refractivity contribution >= 4 is 97.4 Å². The molecule has 0 unspecified atom stereocenters. The third-order valence-electron chi connectivity index (χ3n) is 19.6. The van der Waals surface area contributed by atoms with Crippen LogP contribution in [0.25, 0.3) is 0 Å². The molecule has 0 fully saturated rings. The highest BCUT2D eigenvalue weighted by Gasteiger charge is 2.18. The quantitative estimate of drug-likeness (QED) is 0.00990. The zero-order valence-corrected chi connectivity index (χ0v) is 80.1. The third-order valence-corrected chi connectivity index (χ3v) is 20.9. The Bertz CT molecular complexity index is 3390. The first-order valence-corrected chi connectivity index (χ1v) is 47.0. The number of likely N-dealkylation sites (N-methyl/N-ethyl adjacent to an activating group) is 5. The molecule has 682 valence electrons. The Kier molecular flexibility index (Phi) is 67.5. The molecule has 5 aromatic rings. The van der Waals surface area contributed by atoms with Gasteiger partial charge in [-0.1, -0.05) is 218 Å². The number of carbonyl (C=O) groups excluding carboxylic acids is 5. The van der Waals surface area contributed by atoms with Crippen LogP contribution in [0.4, 0.5) is 32.8 Å². The van der Waals surface area contributed by atoms with E-state index in [2.05, 4.69) is 83.2 Å². The van der Waals surface area contributed by atoms with Crippen LogP contribution >= 0.6 is 39.1 Å². The number of nitrogens with zero attached hydrogens (tertiary/aromatic N) is 1. The first-order chi connectivity index (χ1) is 58.2. The molecule has 21 nitrogen and oxygen atoms in total. The van der Waals surface area contributed by atoms with Crippen LogP contribution in [0.15, 0.2) is 95.5 Å². The van der Waals surface area contributed by atoms with Gasteiger partial charge in [-0.3, -0.25) is 0 Å². The molecule has 0 saturated carbocycles. The van der Waals surface area contributed by atoms with Crippen LogP contribution in [0.1, 0.15) is 285 Å². The van der Waals surface area contributed by atoms with Gasteiger partial charge in [0, 0.05) is 48.6 Å². The number of halogens is 4. The lowest BCUT2D eigenvalue weighted by atomic mass is 10.1. The van der Waals surface area contributed by atoms with Gasteiger partial charge in [-0.05, 0) is 139 Å². The van der Waals surface area contributed by atoms with Gasteiger partial charge in [0.1, 0.15) is 77.6 Å². The maximum atomic E-state index is 14.1. The van der Waals surface area contributed by atoms with Crippen molar-refractivity contribution in [2.75, 3.05) is 196 Å². The number of anilines is 5. The highest BCUT2D eigenvalue weighted by Crippen LogP contribution is 2.27. The fourth-order valence-electron chi connectivity index (χ4n) is 11.9. The van der Waals surface area contributed by atoms with Crippen LogP contribution in [-0.4, -0.2) is 199 Å². The van der Waals surface area contributed by atoms with Crippen LogP contribution in [0, 0.1) is 17.1 Å². The second-order valence-corrected chi connectivity index (χ2v) is 34.3. The lowest BCUT2D eigenvalue weighted by Crippen LogP contribution is -3.06. The van der Waals surface area contributed by atoms with Crippen molar-refractivity contribution in [1.82, 2.24) is 0 Å². The van der Waals surface area contributed by atoms with Gasteiger partial charge < -0.3 is 74.8 Å². The number of hydrogen-bond donors (Lipinski definition) is 10. The van der Waals surface area contributed by atoms with Crippen LogP contribution in [-0.2, 0) is 23.7 Å². The summed E-state index contributed by atoms with van der Waals surface area (Å²) in [6.07, 6.45) is 37.6. The Morgan fingerprint density at radius 1 is 0.339 bits per heavy atom. The van der Waals surface area contributed by atoms with E-state index in [1.54, 1.807) is 54.6 Å². The number of unbranched alkanes of at least 4 members (excludes halogenated alkanes) is 25. The summed E-state index contributed by atoms with van der Waals surface area (Å²) in [6, 6.07) is 28.0. The van der Waals surface area contributed by atoms with E-state index >= 15 is 0 Å². The molecule has 0 heterocycles. The average molecular weight is 1800 g/mol. The molecule has 0 bridgehead atoms. The first-order valence-electron chi connectivity index (χ1n) is 45.5. The van der Waals surface area contributed by atoms with E-state index < -0.39 is 11.8 Å². The van der Waals surface area contributed by atoms with E-state index in [4.69, 9.17) is 46.9 Å². The van der Waals surface area contributed by atoms with Gasteiger partial charge in [-0.15, -0.1) is 0 Å². The number of nitriles is 1. The van der Waals surface area contributed by atoms with Crippen LogP contribution in [0.3, 0.4) is 0 Å². The number of esters is 5. The Morgan fingerprint density at radius 2 is 0.628 bits per heavy atom. The maximum Gasteiger partial charge on any atom is 0.339 e. The number of rotatable bonds is 60. The van der Waals surface area contributed by atoms with E-state index in [9.17, 15) is 33.6 Å². The van der Waals surface area contributed by atoms with E-state index in [0.717, 1.165) is 125 Å². The normalized spacial score (nSPS) is 10.8. The smallest absolute Gasteiger partial charge is 0.339 e. The summed E-state index contributed by atoms with van der Waals surface area (Å²) in [5.74, 6) is -2.20. The molecule has 121 heavy (non-hydrogen) atoms. The molecule has 0 aliphatic carbocycles. The predicted octanol–water partition coefficient (Wildman–Crippen LogP) is 15.9. The molecule has 0 aliphatic rings. The van der Waals surface area contributed by atoms with Crippen molar-refractivity contribution in [3.8, 4) is 6.07 Å². The summed E-state index contributed by atoms with van der Waals surface area (Å²) in [5, 5.41) is 26.9. The lowest BCUT2D eigenvalue weighted by Gasteiger charge is -2.11. The summed E-state index contributed by atoms with van der Waals surface area (Å²) in [7, 11) is 20.1. The Morgan fingerprint density at radius 3 is 0.967 bits per heavy atom. The minimum Gasteiger partial charge on any atom is -0.456 e. The third kappa shape index (κ3) is 57.7. The van der Waals surface area contributed by atoms with E-state index in [0.29, 0.717) is 76.6 Å². The van der Waals surface area contributed by atoms with Gasteiger partial charge in [0.05, 0.1) is 131 Å². The second kappa shape index (κ2) is 73.1. The summed E-state index contributed by atoms with van der Waals surface area (Å²) in [5.41, 5.74) is 6.75. The minimum absolute atomic E-state index is 0.256. The van der Waals surface area contributed by atoms with Crippen molar-refractivity contribution < 1.29 is 76.5 Å². The van der Waals surface area contributed by atoms with Crippen molar-refractivity contribution in [3.05, 3.63) is 145 Å². The standard InChI is InChI=1S/C20H31N3O2.C19H31BrN2O2.2C19H31ClN2O2.C19H31FN2O2/c1-4-5-6-7-8-9-12-22-19-11-10-17(15-18(19)16-21)20(24)25-14-13-23(2)3;2*1-4-5-6-7-8-9-12-21-18-11-10-16(15-17(18)20)19(23)24-14-13-22(2)3;1-4-5-6-7-8-9-12-21-16-10-11-17(18(20)15-16)19(23)24-14-13-22(2)3;1-4-5-6-7-8-9-12-21-18-11-10-16(15-17(18)20)19(23)24-14-13-22(2)3/h10-11,15,22H,4-9,12-14H2,1-3H3;4*10-11,15,21H,4-9,12-14H2,1-3H3/p+5. The monoisotopic (exact) mass is 1800 g/mol. The zero-order chi connectivity index (χ0) is 89.6. The minimum atomic E-state index is -0.474. The highest BCUT2D eigenvalue weighted by atomic mass is 79.9. The van der Waals surface area contributed by atoms with Crippen LogP contribution in [0.2, 0.25) is 10.0 Å². The summed E-state index contributed by atoms with van der Waals surface area (Å²) < 4.78 is 41.1. The molecule has 25 heteroatoms. The fourth-order valence-corrected chi connectivity index (χ4v) is 12.9. The second-order valence-electron chi connectivity index (χ2n) is 32.6. The molecule has 0 atom stereocenters. The molecule has 0 amide bonds. The summed E-state index contributed by atoms with van der Waals surface area (Å²) in [4.78, 5) is 66.0. The number of quaternary nitrogens is 5. The summed E-state index contributed by atoms with van der Waals surface area (Å²) in [6.45, 7) is 21.3. The average Bonchev–Trinajstić information content (AvgIpc) is 0.857. The van der Waals surface area contributed by atoms with Gasteiger partial charge in [0.15, 0.2) is 0 Å². The first kappa shape index (κ1) is 112. The molecule has 5 rings (SSSR count). The van der Waals surface area contributed by atoms with E-state index in [-0.39, 0.29) is 29.4 Å². The Balaban J connectivity index is 0.000000756. The Hall–Kier alpha value is -7.27. The van der Waals surface area contributed by atoms with Gasteiger partial charge in [0.25, 0.3) is 0 Å². The summed E-state index contributed by atoms with van der Waals surface area (Å²) >= 11 is 16.0. The molecule has 5 aromatic carbocycles. The van der Waals surface area contributed by atoms with Gasteiger partial charge in [-0.25, -0.2) is 28.4 Å². The van der Waals surface area contributed by atoms with Crippen molar-refractivity contribution in [2.45, 2.75) is 227 Å². The SMILES string of the molecule is CCCCCCCCNc1ccc(C(=O)OCC[NH+](C)C)c(Cl)c1.CCCCCCCCNc1ccc(C(=O)OCC[NH+](C)C)cc1Br.CCCCCCCCNc1ccc(C(=O)OCC[NH+](C)C)cc1C#N.CCCCCCCCNc1ccc(C(=O)OCC[NH+](C)C)cc1Cl.CCCCCCCCNc1ccc(C(=O)OCC[NH+](C)C)cc1F. The largest absolute Gasteiger partial charge is 0.456 e. The molecule has 0 aromatic heterocycles. The van der Waals surface area contributed by atoms with Gasteiger partial charge >= 0.3 is 29.8 Å². The van der Waals surface area contributed by atoms with E-state index in [1.807, 2.05) is 101 Å². The number of carbonyl (C=O) groups is 5. The number of benzene rings is 5. The molecule has 10 N–H and O–H groups in total. The molecule has 0 spiro atoms. The fraction of sp³-hybridized carbons (Fsp3) is 0.625. The molecular formula is C96H160BrCl2FN11O10+5. The zero-order valence-electron chi connectivity index (χ0n) is 77.0. The van der Waals surface area contributed by atoms with Crippen molar-refractivity contribution in [3.63, 3.8) is 0 Å². The number of ether oxygens (including phenoxy) is 5. The molecule has 0 aliphatic heterocycles. The number of nitrogens with one attached hydrogen (secondary N) is 10. The van der Waals surface area contributed by atoms with Gasteiger partial charge in [0.2, 0.25) is 0 Å². The lowest BCUT2D eigenvalue weighted by molar-refractivity contribution is -0.858. The molecular weight excluding hydrogens is 1640 g/mol. The highest BCUT2D eigenvalue weighted by molar-refractivity contribution is 9.10. The van der Waals surface area contributed by atoms with Crippen LogP contribution in [0.5, 0.6) is 0 Å².